The maximum Gasteiger partial charge on any atom is 0.409 e. The summed E-state index contributed by atoms with van der Waals surface area (Å²) in [6.07, 6.45) is 2.22. The molecule has 0 bridgehead atoms. The molecular formula is C28H38N4O7S. The fourth-order valence-corrected chi connectivity index (χ4v) is 5.36. The van der Waals surface area contributed by atoms with Crippen LogP contribution in [0.2, 0.25) is 0 Å². The Hall–Kier alpha value is -3.51. The minimum atomic E-state index is -1.06. The summed E-state index contributed by atoms with van der Waals surface area (Å²) < 4.78 is 10.4. The molecule has 1 aromatic heterocycles. The second-order valence-electron chi connectivity index (χ2n) is 9.49. The molecule has 40 heavy (non-hydrogen) atoms. The number of hydrogen-bond donors (Lipinski definition) is 2. The number of rotatable bonds is 14. The van der Waals surface area contributed by atoms with Crippen molar-refractivity contribution in [1.82, 2.24) is 20.1 Å². The highest BCUT2D eigenvalue weighted by Crippen LogP contribution is 2.29. The fraction of sp³-hybridized carbons (Fsp3) is 0.536. The van der Waals surface area contributed by atoms with Gasteiger partial charge >= 0.3 is 12.1 Å². The third-order valence-corrected chi connectivity index (χ3v) is 7.67. The van der Waals surface area contributed by atoms with Gasteiger partial charge in [-0.3, -0.25) is 14.4 Å². The average molecular weight is 575 g/mol. The molecule has 0 spiro atoms. The van der Waals surface area contributed by atoms with Crippen molar-refractivity contribution in [2.24, 2.45) is 0 Å². The van der Waals surface area contributed by atoms with Crippen LogP contribution in [0.3, 0.4) is 0 Å². The van der Waals surface area contributed by atoms with Crippen molar-refractivity contribution in [3.05, 3.63) is 40.9 Å². The van der Waals surface area contributed by atoms with Gasteiger partial charge in [-0.1, -0.05) is 43.7 Å². The van der Waals surface area contributed by atoms with Gasteiger partial charge in [-0.2, -0.15) is 0 Å². The van der Waals surface area contributed by atoms with E-state index in [4.69, 9.17) is 9.47 Å². The van der Waals surface area contributed by atoms with Crippen LogP contribution >= 0.6 is 11.3 Å². The first-order chi connectivity index (χ1) is 19.3. The van der Waals surface area contributed by atoms with Gasteiger partial charge in [-0.05, 0) is 25.7 Å². The summed E-state index contributed by atoms with van der Waals surface area (Å²) in [4.78, 5) is 59.0. The van der Waals surface area contributed by atoms with Gasteiger partial charge in [0.05, 0.1) is 6.61 Å². The number of carboxylic acid groups (broad SMARTS) is 1. The largest absolute Gasteiger partial charge is 0.481 e. The van der Waals surface area contributed by atoms with Gasteiger partial charge in [0, 0.05) is 56.8 Å². The third kappa shape index (κ3) is 9.02. The molecule has 218 valence electrons. The van der Waals surface area contributed by atoms with Crippen molar-refractivity contribution in [1.29, 1.82) is 0 Å². The molecule has 2 heterocycles. The summed E-state index contributed by atoms with van der Waals surface area (Å²) in [6.45, 7) is 4.01. The van der Waals surface area contributed by atoms with E-state index in [0.717, 1.165) is 23.3 Å². The lowest BCUT2D eigenvalue weighted by atomic mass is 10.1. The molecule has 3 rings (SSSR count). The molecule has 1 aliphatic rings. The van der Waals surface area contributed by atoms with Gasteiger partial charge in [0.1, 0.15) is 16.7 Å². The minimum absolute atomic E-state index is 0.0616. The van der Waals surface area contributed by atoms with E-state index in [1.165, 1.54) is 11.3 Å². The number of aromatic nitrogens is 1. The number of carbonyl (C=O) groups is 4. The fourth-order valence-electron chi connectivity index (χ4n) is 4.26. The summed E-state index contributed by atoms with van der Waals surface area (Å²) in [6, 6.07) is 8.48. The number of unbranched alkanes of at least 4 members (excludes halogenated alkanes) is 1. The molecule has 1 aromatic carbocycles. The lowest BCUT2D eigenvalue weighted by Gasteiger charge is -2.36. The van der Waals surface area contributed by atoms with Crippen LogP contribution in [0.4, 0.5) is 4.79 Å². The molecule has 12 heteroatoms. The van der Waals surface area contributed by atoms with Gasteiger partial charge in [0.15, 0.2) is 0 Å². The highest BCUT2D eigenvalue weighted by molar-refractivity contribution is 7.15. The topological polar surface area (TPSA) is 138 Å². The van der Waals surface area contributed by atoms with E-state index in [9.17, 15) is 24.3 Å². The van der Waals surface area contributed by atoms with E-state index in [1.807, 2.05) is 37.3 Å². The van der Waals surface area contributed by atoms with E-state index >= 15 is 0 Å². The van der Waals surface area contributed by atoms with Crippen LogP contribution in [0.25, 0.3) is 10.6 Å². The molecule has 0 saturated carbocycles. The van der Waals surface area contributed by atoms with Gasteiger partial charge in [-0.25, -0.2) is 9.78 Å². The molecule has 2 N–H and O–H groups in total. The number of methoxy groups -OCH3 is 1. The Morgan fingerprint density at radius 1 is 1.05 bits per heavy atom. The van der Waals surface area contributed by atoms with Gasteiger partial charge in [0.2, 0.25) is 5.91 Å². The zero-order valence-corrected chi connectivity index (χ0v) is 23.9. The van der Waals surface area contributed by atoms with E-state index in [1.54, 1.807) is 16.9 Å². The summed E-state index contributed by atoms with van der Waals surface area (Å²) in [7, 11) is 1.61. The third-order valence-electron chi connectivity index (χ3n) is 6.51. The van der Waals surface area contributed by atoms with Crippen LogP contribution in [0.15, 0.2) is 30.3 Å². The molecule has 1 saturated heterocycles. The Bertz CT molecular complexity index is 1130. The number of nitrogens with zero attached hydrogens (tertiary/aromatic N) is 3. The van der Waals surface area contributed by atoms with Crippen molar-refractivity contribution >= 4 is 35.2 Å². The lowest BCUT2D eigenvalue weighted by molar-refractivity contribution is -0.138. The van der Waals surface area contributed by atoms with E-state index in [0.29, 0.717) is 44.2 Å². The Kier molecular flexibility index (Phi) is 12.4. The number of amides is 3. The number of ether oxygens (including phenoxy) is 2. The van der Waals surface area contributed by atoms with Crippen molar-refractivity contribution in [3.63, 3.8) is 0 Å². The van der Waals surface area contributed by atoms with E-state index in [-0.39, 0.29) is 37.5 Å². The Labute approximate surface area is 238 Å². The van der Waals surface area contributed by atoms with Crippen molar-refractivity contribution < 1.29 is 33.8 Å². The van der Waals surface area contributed by atoms with Crippen LogP contribution in [0, 0.1) is 0 Å². The maximum absolute atomic E-state index is 13.5. The van der Waals surface area contributed by atoms with Gasteiger partial charge in [0.25, 0.3) is 5.91 Å². The average Bonchev–Trinajstić information content (AvgIpc) is 3.40. The molecule has 0 aliphatic carbocycles. The number of carboxylic acids is 1. The SMILES string of the molecule is CCCCOC(=O)N1CCN(C(=O)[C@H](CCC(=O)O)NC(=O)c2nc(-c3ccccc3)sc2CCCOC)CC1. The molecule has 3 amide bonds. The van der Waals surface area contributed by atoms with Crippen LogP contribution in [-0.4, -0.2) is 96.3 Å². The lowest BCUT2D eigenvalue weighted by Crippen LogP contribution is -2.56. The minimum Gasteiger partial charge on any atom is -0.481 e. The summed E-state index contributed by atoms with van der Waals surface area (Å²) >= 11 is 1.42. The normalized spacial score (nSPS) is 14.1. The number of carbonyl (C=O) groups excluding carboxylic acids is 3. The van der Waals surface area contributed by atoms with E-state index < -0.39 is 24.0 Å². The molecular weight excluding hydrogens is 536 g/mol. The first-order valence-electron chi connectivity index (χ1n) is 13.6. The van der Waals surface area contributed by atoms with Crippen molar-refractivity contribution in [2.45, 2.75) is 51.5 Å². The zero-order valence-electron chi connectivity index (χ0n) is 23.1. The smallest absolute Gasteiger partial charge is 0.409 e. The van der Waals surface area contributed by atoms with Crippen molar-refractivity contribution in [3.8, 4) is 10.6 Å². The molecule has 1 fully saturated rings. The highest BCUT2D eigenvalue weighted by Gasteiger charge is 2.32. The molecule has 11 nitrogen and oxygen atoms in total. The highest BCUT2D eigenvalue weighted by atomic mass is 32.1. The number of aryl methyl sites for hydroxylation is 1. The second-order valence-corrected chi connectivity index (χ2v) is 10.6. The Morgan fingerprint density at radius 3 is 2.40 bits per heavy atom. The van der Waals surface area contributed by atoms with Crippen LogP contribution < -0.4 is 5.32 Å². The first kappa shape index (κ1) is 31.0. The molecule has 1 atom stereocenters. The second kappa shape index (κ2) is 15.9. The van der Waals surface area contributed by atoms with E-state index in [2.05, 4.69) is 10.3 Å². The Balaban J connectivity index is 1.72. The number of hydrogen-bond acceptors (Lipinski definition) is 8. The quantitative estimate of drug-likeness (QED) is 0.327. The molecule has 0 radical (unpaired) electrons. The summed E-state index contributed by atoms with van der Waals surface area (Å²) in [5.74, 6) is -1.97. The maximum atomic E-state index is 13.5. The van der Waals surface area contributed by atoms with Gasteiger partial charge < -0.3 is 29.7 Å². The standard InChI is InChI=1S/C28H38N4O7S/c1-3-4-19-39-28(37)32-16-14-31(15-17-32)27(36)21(12-13-23(33)34)29-25(35)24-22(11-8-18-38-2)40-26(30-24)20-9-6-5-7-10-20/h5-7,9-10,21H,3-4,8,11-19H2,1-2H3,(H,29,35)(H,33,34)/t21-/m0/s1. The first-order valence-corrected chi connectivity index (χ1v) is 14.4. The summed E-state index contributed by atoms with van der Waals surface area (Å²) in [5, 5.41) is 12.7. The molecule has 0 unspecified atom stereocenters. The molecule has 2 aromatic rings. The van der Waals surface area contributed by atoms with Crippen LogP contribution in [0.5, 0.6) is 0 Å². The van der Waals surface area contributed by atoms with Gasteiger partial charge in [-0.15, -0.1) is 11.3 Å². The predicted octanol–water partition coefficient (Wildman–Crippen LogP) is 3.43. The predicted molar refractivity (Wildman–Crippen MR) is 150 cm³/mol. The zero-order chi connectivity index (χ0) is 28.9. The number of thiazole rings is 1. The van der Waals surface area contributed by atoms with Crippen LogP contribution in [0.1, 0.15) is 54.4 Å². The Morgan fingerprint density at radius 2 is 1.75 bits per heavy atom. The molecule has 1 aliphatic heterocycles. The number of nitrogens with one attached hydrogen (secondary N) is 1. The monoisotopic (exact) mass is 574 g/mol. The summed E-state index contributed by atoms with van der Waals surface area (Å²) in [5.41, 5.74) is 1.11. The number of benzene rings is 1. The number of aliphatic carboxylic acids is 1. The van der Waals surface area contributed by atoms with Crippen molar-refractivity contribution in [2.75, 3.05) is 46.5 Å². The number of piperazine rings is 1. The van der Waals surface area contributed by atoms with Crippen LogP contribution in [-0.2, 0) is 25.5 Å².